The quantitative estimate of drug-likeness (QED) is 0.502. The van der Waals surface area contributed by atoms with Crippen molar-refractivity contribution >= 4 is 23.1 Å². The smallest absolute Gasteiger partial charge is 0.254 e. The third kappa shape index (κ3) is 2.19. The van der Waals surface area contributed by atoms with Crippen molar-refractivity contribution < 1.29 is 4.79 Å². The molecule has 7 nitrogen and oxygen atoms in total. The predicted molar refractivity (Wildman–Crippen MR) is 56.3 cm³/mol. The van der Waals surface area contributed by atoms with Gasteiger partial charge in [0.2, 0.25) is 0 Å². The van der Waals surface area contributed by atoms with Crippen LogP contribution in [-0.2, 0) is 6.54 Å². The Morgan fingerprint density at radius 1 is 1.60 bits per heavy atom. The molecule has 0 aliphatic carbocycles. The summed E-state index contributed by atoms with van der Waals surface area (Å²) in [6.07, 6.45) is 1.25. The van der Waals surface area contributed by atoms with E-state index in [4.69, 9.17) is 22.3 Å². The molecule has 0 saturated heterocycles. The zero-order valence-corrected chi connectivity index (χ0v) is 8.24. The number of nitrogens with one attached hydrogen (secondary N) is 2. The molecule has 1 amide bonds. The molecule has 1 aromatic rings. The van der Waals surface area contributed by atoms with E-state index < -0.39 is 5.91 Å². The molecule has 0 unspecified atom stereocenters. The lowest BCUT2D eigenvalue weighted by Crippen LogP contribution is -2.19. The minimum absolute atomic E-state index is 0.0639. The number of anilines is 1. The zero-order chi connectivity index (χ0) is 11.6. The average Bonchev–Trinajstić information content (AvgIpc) is 2.48. The van der Waals surface area contributed by atoms with E-state index in [9.17, 15) is 4.79 Å². The molecule has 0 aliphatic rings. The molecule has 0 bridgehead atoms. The lowest BCUT2D eigenvalue weighted by atomic mass is 10.2. The molecule has 1 heterocycles. The Kier molecular flexibility index (Phi) is 2.84. The number of nitrogens with zero attached hydrogens (tertiary/aromatic N) is 2. The van der Waals surface area contributed by atoms with Crippen molar-refractivity contribution in [2.24, 2.45) is 5.73 Å². The first-order valence-corrected chi connectivity index (χ1v) is 4.17. The molecule has 0 saturated carbocycles. The van der Waals surface area contributed by atoms with Crippen molar-refractivity contribution in [3.63, 3.8) is 0 Å². The van der Waals surface area contributed by atoms with Crippen LogP contribution in [0.15, 0.2) is 6.20 Å². The molecule has 0 spiro atoms. The number of nitrogens with two attached hydrogens (primary N) is 2. The highest BCUT2D eigenvalue weighted by Gasteiger charge is 2.13. The van der Waals surface area contributed by atoms with Crippen molar-refractivity contribution in [3.8, 4) is 0 Å². The van der Waals surface area contributed by atoms with Gasteiger partial charge in [0.25, 0.3) is 5.91 Å². The van der Waals surface area contributed by atoms with E-state index in [2.05, 4.69) is 5.10 Å². The van der Waals surface area contributed by atoms with Crippen LogP contribution in [0.1, 0.15) is 17.3 Å². The minimum atomic E-state index is -0.656. The number of primary amides is 1. The first-order chi connectivity index (χ1) is 6.93. The molecule has 0 radical (unpaired) electrons. The average molecular weight is 208 g/mol. The second kappa shape index (κ2) is 3.91. The Balaban J connectivity index is 2.93. The third-order valence-electron chi connectivity index (χ3n) is 1.91. The second-order valence-corrected chi connectivity index (χ2v) is 3.07. The van der Waals surface area contributed by atoms with E-state index in [0.29, 0.717) is 0 Å². The third-order valence-corrected chi connectivity index (χ3v) is 1.91. The number of aromatic nitrogens is 2. The highest BCUT2D eigenvalue weighted by Crippen LogP contribution is 2.09. The van der Waals surface area contributed by atoms with E-state index in [-0.39, 0.29) is 29.3 Å². The molecular weight excluding hydrogens is 196 g/mol. The molecule has 0 aliphatic heterocycles. The Morgan fingerprint density at radius 2 is 2.20 bits per heavy atom. The van der Waals surface area contributed by atoms with E-state index in [1.165, 1.54) is 17.8 Å². The van der Waals surface area contributed by atoms with Crippen LogP contribution in [0.3, 0.4) is 0 Å². The van der Waals surface area contributed by atoms with E-state index in [1.54, 1.807) is 0 Å². The minimum Gasteiger partial charge on any atom is -0.383 e. The Hall–Kier alpha value is -2.18. The van der Waals surface area contributed by atoms with E-state index >= 15 is 0 Å². The molecule has 80 valence electrons. The van der Waals surface area contributed by atoms with Crippen LogP contribution in [0.5, 0.6) is 0 Å². The molecular formula is C8H12N6O. The van der Waals surface area contributed by atoms with Crippen LogP contribution in [0.2, 0.25) is 0 Å². The first-order valence-electron chi connectivity index (χ1n) is 4.17. The summed E-state index contributed by atoms with van der Waals surface area (Å²) >= 11 is 0. The van der Waals surface area contributed by atoms with E-state index in [1.807, 2.05) is 0 Å². The van der Waals surface area contributed by atoms with Crippen LogP contribution in [0.25, 0.3) is 0 Å². The summed E-state index contributed by atoms with van der Waals surface area (Å²) < 4.78 is 1.26. The van der Waals surface area contributed by atoms with Gasteiger partial charge in [0.1, 0.15) is 11.4 Å². The Morgan fingerprint density at radius 3 is 2.60 bits per heavy atom. The molecule has 0 atom stereocenters. The molecule has 7 heteroatoms. The number of carbonyl (C=O) groups is 1. The predicted octanol–water partition coefficient (Wildman–Crippen LogP) is -0.376. The molecule has 0 aromatic carbocycles. The SMILES string of the molecule is CC(=N)C(=N)Cn1ncc(C(N)=O)c1N. The van der Waals surface area contributed by atoms with E-state index in [0.717, 1.165) is 0 Å². The summed E-state index contributed by atoms with van der Waals surface area (Å²) in [5, 5.41) is 18.5. The van der Waals surface area contributed by atoms with Crippen molar-refractivity contribution in [1.29, 1.82) is 10.8 Å². The monoisotopic (exact) mass is 208 g/mol. The maximum atomic E-state index is 10.8. The van der Waals surface area contributed by atoms with Gasteiger partial charge in [0, 0.05) is 0 Å². The summed E-state index contributed by atoms with van der Waals surface area (Å²) in [5.74, 6) is -0.537. The van der Waals surface area contributed by atoms with Gasteiger partial charge in [-0.2, -0.15) is 5.10 Å². The molecule has 1 rings (SSSR count). The van der Waals surface area contributed by atoms with Gasteiger partial charge in [-0.05, 0) is 6.92 Å². The largest absolute Gasteiger partial charge is 0.383 e. The standard InChI is InChI=1S/C8H12N6O/c1-4(9)6(10)3-14-7(11)5(2-13-14)8(12)15/h2,9-10H,3,11H2,1H3,(H2,12,15). The zero-order valence-electron chi connectivity index (χ0n) is 8.24. The van der Waals surface area contributed by atoms with Gasteiger partial charge >= 0.3 is 0 Å². The van der Waals surface area contributed by atoms with Gasteiger partial charge in [0.05, 0.1) is 24.2 Å². The molecule has 0 fully saturated rings. The van der Waals surface area contributed by atoms with Crippen molar-refractivity contribution in [2.75, 3.05) is 5.73 Å². The van der Waals surface area contributed by atoms with Gasteiger partial charge in [-0.15, -0.1) is 0 Å². The summed E-state index contributed by atoms with van der Waals surface area (Å²) in [7, 11) is 0. The number of hydrogen-bond acceptors (Lipinski definition) is 5. The van der Waals surface area contributed by atoms with Crippen LogP contribution < -0.4 is 11.5 Å². The van der Waals surface area contributed by atoms with Crippen LogP contribution >= 0.6 is 0 Å². The molecule has 15 heavy (non-hydrogen) atoms. The van der Waals surface area contributed by atoms with Gasteiger partial charge in [-0.3, -0.25) is 4.79 Å². The number of carbonyl (C=O) groups excluding carboxylic acids is 1. The maximum Gasteiger partial charge on any atom is 0.254 e. The van der Waals surface area contributed by atoms with Crippen LogP contribution in [0.4, 0.5) is 5.82 Å². The number of amides is 1. The Labute approximate surface area is 86.1 Å². The van der Waals surface area contributed by atoms with Gasteiger partial charge < -0.3 is 22.3 Å². The first kappa shape index (κ1) is 10.9. The topological polar surface area (TPSA) is 135 Å². The van der Waals surface area contributed by atoms with Crippen molar-refractivity contribution in [3.05, 3.63) is 11.8 Å². The Bertz CT molecular complexity index is 432. The summed E-state index contributed by atoms with van der Waals surface area (Å²) in [6.45, 7) is 1.56. The fraction of sp³-hybridized carbons (Fsp3) is 0.250. The van der Waals surface area contributed by atoms with Gasteiger partial charge in [0.15, 0.2) is 0 Å². The number of rotatable bonds is 4. The fourth-order valence-corrected chi connectivity index (χ4v) is 0.979. The number of hydrogen-bond donors (Lipinski definition) is 4. The summed E-state index contributed by atoms with van der Waals surface area (Å²) in [5.41, 5.74) is 11.0. The van der Waals surface area contributed by atoms with Crippen molar-refractivity contribution in [1.82, 2.24) is 9.78 Å². The second-order valence-electron chi connectivity index (χ2n) is 3.07. The highest BCUT2D eigenvalue weighted by molar-refractivity contribution is 6.38. The number of nitrogen functional groups attached to an aromatic ring is 1. The molecule has 1 aromatic heterocycles. The fourth-order valence-electron chi connectivity index (χ4n) is 0.979. The normalized spacial score (nSPS) is 9.93. The van der Waals surface area contributed by atoms with Gasteiger partial charge in [-0.1, -0.05) is 0 Å². The molecule has 6 N–H and O–H groups in total. The van der Waals surface area contributed by atoms with Crippen LogP contribution in [-0.4, -0.2) is 27.1 Å². The highest BCUT2D eigenvalue weighted by atomic mass is 16.1. The van der Waals surface area contributed by atoms with Crippen LogP contribution in [0, 0.1) is 10.8 Å². The van der Waals surface area contributed by atoms with Crippen molar-refractivity contribution in [2.45, 2.75) is 13.5 Å². The lowest BCUT2D eigenvalue weighted by Gasteiger charge is -2.04. The maximum absolute atomic E-state index is 10.8. The van der Waals surface area contributed by atoms with Gasteiger partial charge in [-0.25, -0.2) is 4.68 Å². The lowest BCUT2D eigenvalue weighted by molar-refractivity contribution is 0.100. The summed E-state index contributed by atoms with van der Waals surface area (Å²) in [4.78, 5) is 10.8. The summed E-state index contributed by atoms with van der Waals surface area (Å²) in [6, 6.07) is 0.